The lowest BCUT2D eigenvalue weighted by Crippen LogP contribution is -2.50. The molecule has 0 saturated heterocycles. The van der Waals surface area contributed by atoms with Gasteiger partial charge in [0.2, 0.25) is 0 Å². The van der Waals surface area contributed by atoms with Crippen molar-refractivity contribution in [1.82, 2.24) is 20.0 Å². The summed E-state index contributed by atoms with van der Waals surface area (Å²) in [6.45, 7) is 7.03. The highest BCUT2D eigenvalue weighted by Gasteiger charge is 2.30. The number of aromatic nitrogens is 2. The third-order valence-corrected chi connectivity index (χ3v) is 4.33. The predicted octanol–water partition coefficient (Wildman–Crippen LogP) is 2.63. The molecule has 1 aliphatic rings. The number of nitrogens with zero attached hydrogens (tertiary/aromatic N) is 3. The molecule has 3 rings (SSSR count). The Bertz CT molecular complexity index is 869. The monoisotopic (exact) mass is 375 g/mol. The van der Waals surface area contributed by atoms with Crippen LogP contribution in [0.1, 0.15) is 36.8 Å². The molecule has 0 aliphatic carbocycles. The van der Waals surface area contributed by atoms with Gasteiger partial charge in [0.1, 0.15) is 5.69 Å². The SMILES string of the molecule is CC(C)(C)NC(=O)N1CCn2nc(-c3cccc(Cl)c3)c(C(N)=O)c2C1. The molecule has 0 saturated carbocycles. The number of carbonyl (C=O) groups is 2. The summed E-state index contributed by atoms with van der Waals surface area (Å²) in [6, 6.07) is 6.95. The average Bonchev–Trinajstić information content (AvgIpc) is 2.91. The van der Waals surface area contributed by atoms with Crippen LogP contribution in [-0.2, 0) is 13.1 Å². The van der Waals surface area contributed by atoms with Crippen molar-refractivity contribution in [3.8, 4) is 11.3 Å². The molecule has 0 bridgehead atoms. The summed E-state index contributed by atoms with van der Waals surface area (Å²) in [5.74, 6) is -0.570. The van der Waals surface area contributed by atoms with Crippen LogP contribution < -0.4 is 11.1 Å². The normalized spacial score (nSPS) is 14.1. The van der Waals surface area contributed by atoms with E-state index in [2.05, 4.69) is 10.4 Å². The maximum atomic E-state index is 12.5. The molecule has 1 aromatic heterocycles. The zero-order valence-electron chi connectivity index (χ0n) is 15.0. The van der Waals surface area contributed by atoms with Crippen molar-refractivity contribution in [3.05, 3.63) is 40.5 Å². The minimum absolute atomic E-state index is 0.176. The number of benzene rings is 1. The van der Waals surface area contributed by atoms with Crippen molar-refractivity contribution in [3.63, 3.8) is 0 Å². The molecular weight excluding hydrogens is 354 g/mol. The van der Waals surface area contributed by atoms with E-state index >= 15 is 0 Å². The predicted molar refractivity (Wildman–Crippen MR) is 99.9 cm³/mol. The fourth-order valence-electron chi connectivity index (χ4n) is 2.99. The van der Waals surface area contributed by atoms with Crippen LogP contribution in [0.3, 0.4) is 0 Å². The van der Waals surface area contributed by atoms with Crippen LogP contribution in [0.25, 0.3) is 11.3 Å². The molecule has 0 atom stereocenters. The van der Waals surface area contributed by atoms with Crippen LogP contribution in [0.15, 0.2) is 24.3 Å². The third-order valence-electron chi connectivity index (χ3n) is 4.09. The molecule has 2 heterocycles. The molecule has 138 valence electrons. The average molecular weight is 376 g/mol. The van der Waals surface area contributed by atoms with E-state index in [9.17, 15) is 9.59 Å². The van der Waals surface area contributed by atoms with Crippen LogP contribution >= 0.6 is 11.6 Å². The van der Waals surface area contributed by atoms with Gasteiger partial charge in [0.15, 0.2) is 0 Å². The molecule has 0 fully saturated rings. The van der Waals surface area contributed by atoms with E-state index < -0.39 is 5.91 Å². The van der Waals surface area contributed by atoms with Gasteiger partial charge in [-0.1, -0.05) is 23.7 Å². The second-order valence-corrected chi connectivity index (χ2v) is 7.81. The third kappa shape index (κ3) is 3.67. The van der Waals surface area contributed by atoms with Crippen LogP contribution in [0.4, 0.5) is 4.79 Å². The van der Waals surface area contributed by atoms with Crippen molar-refractivity contribution >= 4 is 23.5 Å². The summed E-state index contributed by atoms with van der Waals surface area (Å²) >= 11 is 6.07. The zero-order chi connectivity index (χ0) is 19.1. The van der Waals surface area contributed by atoms with Crippen molar-refractivity contribution < 1.29 is 9.59 Å². The Morgan fingerprint density at radius 1 is 1.27 bits per heavy atom. The maximum Gasteiger partial charge on any atom is 0.318 e. The van der Waals surface area contributed by atoms with Gasteiger partial charge >= 0.3 is 6.03 Å². The number of hydrogen-bond acceptors (Lipinski definition) is 3. The lowest BCUT2D eigenvalue weighted by molar-refractivity contribution is 0.0997. The number of rotatable bonds is 2. The zero-order valence-corrected chi connectivity index (χ0v) is 15.8. The molecule has 0 radical (unpaired) electrons. The van der Waals surface area contributed by atoms with Crippen molar-refractivity contribution in [2.45, 2.75) is 39.4 Å². The molecule has 1 aliphatic heterocycles. The van der Waals surface area contributed by atoms with Crippen LogP contribution in [0, 0.1) is 0 Å². The summed E-state index contributed by atoms with van der Waals surface area (Å²) < 4.78 is 1.75. The minimum atomic E-state index is -0.570. The minimum Gasteiger partial charge on any atom is -0.365 e. The number of hydrogen-bond donors (Lipinski definition) is 2. The van der Waals surface area contributed by atoms with Gasteiger partial charge in [0.25, 0.3) is 5.91 Å². The summed E-state index contributed by atoms with van der Waals surface area (Å²) in [7, 11) is 0. The topological polar surface area (TPSA) is 93.2 Å². The van der Waals surface area contributed by atoms with Crippen LogP contribution in [-0.4, -0.2) is 38.7 Å². The van der Waals surface area contributed by atoms with E-state index in [-0.39, 0.29) is 18.1 Å². The molecule has 3 amide bonds. The number of fused-ring (bicyclic) bond motifs is 1. The van der Waals surface area contributed by atoms with Crippen LogP contribution in [0.5, 0.6) is 0 Å². The second-order valence-electron chi connectivity index (χ2n) is 7.37. The van der Waals surface area contributed by atoms with Gasteiger partial charge in [-0.3, -0.25) is 9.48 Å². The first kappa shape index (κ1) is 18.3. The summed E-state index contributed by atoms with van der Waals surface area (Å²) in [5, 5.41) is 8.04. The van der Waals surface area contributed by atoms with Gasteiger partial charge in [-0.25, -0.2) is 4.79 Å². The Labute approximate surface area is 157 Å². The van der Waals surface area contributed by atoms with Gasteiger partial charge < -0.3 is 16.0 Å². The number of nitrogens with two attached hydrogens (primary N) is 1. The lowest BCUT2D eigenvalue weighted by atomic mass is 10.0. The highest BCUT2D eigenvalue weighted by molar-refractivity contribution is 6.30. The highest BCUT2D eigenvalue weighted by Crippen LogP contribution is 2.29. The number of carbonyl (C=O) groups excluding carboxylic acids is 2. The molecule has 0 unspecified atom stereocenters. The molecule has 3 N–H and O–H groups in total. The largest absolute Gasteiger partial charge is 0.365 e. The summed E-state index contributed by atoms with van der Waals surface area (Å²) in [4.78, 5) is 26.3. The number of amides is 3. The van der Waals surface area contributed by atoms with Gasteiger partial charge in [-0.2, -0.15) is 5.10 Å². The first-order valence-corrected chi connectivity index (χ1v) is 8.76. The number of primary amides is 1. The fourth-order valence-corrected chi connectivity index (χ4v) is 3.18. The first-order valence-electron chi connectivity index (χ1n) is 8.38. The van der Waals surface area contributed by atoms with Gasteiger partial charge in [-0.05, 0) is 32.9 Å². The van der Waals surface area contributed by atoms with E-state index in [1.807, 2.05) is 26.8 Å². The highest BCUT2D eigenvalue weighted by atomic mass is 35.5. The van der Waals surface area contributed by atoms with E-state index in [4.69, 9.17) is 17.3 Å². The van der Waals surface area contributed by atoms with Crippen molar-refractivity contribution in [1.29, 1.82) is 0 Å². The van der Waals surface area contributed by atoms with Crippen molar-refractivity contribution in [2.24, 2.45) is 5.73 Å². The van der Waals surface area contributed by atoms with Gasteiger partial charge in [0, 0.05) is 22.7 Å². The number of urea groups is 1. The first-order chi connectivity index (χ1) is 12.2. The van der Waals surface area contributed by atoms with E-state index in [0.29, 0.717) is 35.1 Å². The molecular formula is C18H22ClN5O2. The summed E-state index contributed by atoms with van der Waals surface area (Å²) in [6.07, 6.45) is 0. The molecule has 0 spiro atoms. The maximum absolute atomic E-state index is 12.5. The molecule has 1 aromatic carbocycles. The Morgan fingerprint density at radius 2 is 2.00 bits per heavy atom. The van der Waals surface area contributed by atoms with Crippen LogP contribution in [0.2, 0.25) is 5.02 Å². The molecule has 8 heteroatoms. The fraction of sp³-hybridized carbons (Fsp3) is 0.389. The van der Waals surface area contributed by atoms with Crippen molar-refractivity contribution in [2.75, 3.05) is 6.54 Å². The Balaban J connectivity index is 1.98. The number of nitrogens with one attached hydrogen (secondary N) is 1. The van der Waals surface area contributed by atoms with Gasteiger partial charge in [-0.15, -0.1) is 0 Å². The van der Waals surface area contributed by atoms with Gasteiger partial charge in [0.05, 0.1) is 24.3 Å². The molecule has 26 heavy (non-hydrogen) atoms. The Kier molecular flexibility index (Phi) is 4.66. The Hall–Kier alpha value is -2.54. The molecule has 7 nitrogen and oxygen atoms in total. The van der Waals surface area contributed by atoms with E-state index in [0.717, 1.165) is 5.56 Å². The summed E-state index contributed by atoms with van der Waals surface area (Å²) in [5.41, 5.74) is 7.49. The smallest absolute Gasteiger partial charge is 0.318 e. The molecule has 2 aromatic rings. The van der Waals surface area contributed by atoms with E-state index in [1.54, 1.807) is 27.8 Å². The lowest BCUT2D eigenvalue weighted by Gasteiger charge is -2.31. The second kappa shape index (κ2) is 6.64. The Morgan fingerprint density at radius 3 is 2.62 bits per heavy atom. The standard InChI is InChI=1S/C18H22ClN5O2/c1-18(2,3)21-17(26)23-7-8-24-13(10-23)14(16(20)25)15(22-24)11-5-4-6-12(19)9-11/h4-6,9H,7-8,10H2,1-3H3,(H2,20,25)(H,21,26). The van der Waals surface area contributed by atoms with E-state index in [1.165, 1.54) is 0 Å². The number of halogens is 1. The quantitative estimate of drug-likeness (QED) is 0.844.